The van der Waals surface area contributed by atoms with E-state index in [1.165, 1.54) is 0 Å². The Labute approximate surface area is 105 Å². The number of carboxylic acid groups (broad SMARTS) is 2. The SMILES string of the molecule is N[C@@H](CCSN[S@](=O)C[C@H](N)C(=O)O)C(=O)O. The molecule has 0 saturated heterocycles. The van der Waals surface area contributed by atoms with Crippen LogP contribution < -0.4 is 15.6 Å². The third kappa shape index (κ3) is 8.10. The number of carbonyl (C=O) groups is 2. The molecule has 0 rings (SSSR count). The Hall–Kier alpha value is -0.680. The fourth-order valence-corrected chi connectivity index (χ4v) is 2.66. The standard InChI is InChI=1S/C7H15N3O5S2/c8-4(6(11)12)1-2-16-10-17(15)3-5(9)7(13)14/h4-5,10H,1-3,8-9H2,(H,11,12)(H,13,14)/t4-,5-,17+/m0/s1. The first-order valence-electron chi connectivity index (χ1n) is 4.57. The van der Waals surface area contributed by atoms with Gasteiger partial charge in [-0.1, -0.05) is 11.9 Å². The average molecular weight is 285 g/mol. The van der Waals surface area contributed by atoms with Gasteiger partial charge in [0.1, 0.15) is 23.1 Å². The van der Waals surface area contributed by atoms with E-state index in [-0.39, 0.29) is 12.2 Å². The molecule has 0 unspecified atom stereocenters. The molecule has 0 saturated carbocycles. The molecule has 100 valence electrons. The molecular formula is C7H15N3O5S2. The molecule has 0 spiro atoms. The Kier molecular flexibility index (Phi) is 8.08. The third-order valence-corrected chi connectivity index (χ3v) is 3.96. The summed E-state index contributed by atoms with van der Waals surface area (Å²) < 4.78 is 13.7. The summed E-state index contributed by atoms with van der Waals surface area (Å²) in [5.74, 6) is -2.19. The van der Waals surface area contributed by atoms with Gasteiger partial charge in [-0.15, -0.1) is 0 Å². The molecule has 0 aliphatic rings. The van der Waals surface area contributed by atoms with Gasteiger partial charge in [0.25, 0.3) is 0 Å². The summed E-state index contributed by atoms with van der Waals surface area (Å²) in [7, 11) is -1.58. The van der Waals surface area contributed by atoms with E-state index in [1.54, 1.807) is 0 Å². The van der Waals surface area contributed by atoms with E-state index < -0.39 is 35.0 Å². The Morgan fingerprint density at radius 1 is 1.24 bits per heavy atom. The summed E-state index contributed by atoms with van der Waals surface area (Å²) in [6, 6.07) is -2.15. The van der Waals surface area contributed by atoms with Crippen molar-refractivity contribution in [2.75, 3.05) is 11.5 Å². The van der Waals surface area contributed by atoms with Gasteiger partial charge in [0.15, 0.2) is 0 Å². The van der Waals surface area contributed by atoms with Crippen LogP contribution in [-0.4, -0.2) is 49.9 Å². The molecule has 17 heavy (non-hydrogen) atoms. The molecule has 3 atom stereocenters. The Morgan fingerprint density at radius 2 is 1.76 bits per heavy atom. The topological polar surface area (TPSA) is 156 Å². The largest absolute Gasteiger partial charge is 0.480 e. The fraction of sp³-hybridized carbons (Fsp3) is 0.714. The molecule has 0 aromatic heterocycles. The molecule has 0 aromatic carbocycles. The maximum atomic E-state index is 11.2. The molecule has 8 nitrogen and oxygen atoms in total. The molecule has 7 N–H and O–H groups in total. The van der Waals surface area contributed by atoms with Gasteiger partial charge in [0.05, 0.1) is 5.75 Å². The number of nitrogens with one attached hydrogen (secondary N) is 1. The number of rotatable bonds is 9. The van der Waals surface area contributed by atoms with Gasteiger partial charge < -0.3 is 21.7 Å². The summed E-state index contributed by atoms with van der Waals surface area (Å²) >= 11 is 1.02. The van der Waals surface area contributed by atoms with E-state index >= 15 is 0 Å². The van der Waals surface area contributed by atoms with Gasteiger partial charge in [-0.3, -0.25) is 9.59 Å². The normalized spacial score (nSPS) is 16.1. The highest BCUT2D eigenvalue weighted by molar-refractivity contribution is 8.07. The van der Waals surface area contributed by atoms with Crippen LogP contribution in [0.1, 0.15) is 6.42 Å². The molecule has 0 aliphatic carbocycles. The first-order valence-corrected chi connectivity index (χ1v) is 6.87. The summed E-state index contributed by atoms with van der Waals surface area (Å²) in [6.45, 7) is 0. The Balaban J connectivity index is 3.65. The van der Waals surface area contributed by atoms with E-state index in [0.717, 1.165) is 11.9 Å². The van der Waals surface area contributed by atoms with Crippen LogP contribution in [0.4, 0.5) is 0 Å². The predicted molar refractivity (Wildman–Crippen MR) is 64.4 cm³/mol. The molecule has 10 heteroatoms. The molecule has 0 aromatic rings. The quantitative estimate of drug-likeness (QED) is 0.243. The van der Waals surface area contributed by atoms with Crippen LogP contribution in [0, 0.1) is 0 Å². The molecule has 0 bridgehead atoms. The molecule has 0 radical (unpaired) electrons. The average Bonchev–Trinajstić information content (AvgIpc) is 2.23. The molecule has 0 amide bonds. The zero-order valence-electron chi connectivity index (χ0n) is 8.87. The lowest BCUT2D eigenvalue weighted by Gasteiger charge is -2.08. The second kappa shape index (κ2) is 8.42. The second-order valence-electron chi connectivity index (χ2n) is 3.12. The van der Waals surface area contributed by atoms with Crippen molar-refractivity contribution in [3.63, 3.8) is 0 Å². The molecular weight excluding hydrogens is 270 g/mol. The number of aliphatic carboxylic acids is 2. The zero-order valence-corrected chi connectivity index (χ0v) is 10.5. The first kappa shape index (κ1) is 16.3. The van der Waals surface area contributed by atoms with Crippen LogP contribution in [0.3, 0.4) is 0 Å². The fourth-order valence-electron chi connectivity index (χ4n) is 0.685. The number of hydrogen-bond acceptors (Lipinski definition) is 6. The second-order valence-corrected chi connectivity index (χ2v) is 5.51. The summed E-state index contributed by atoms with van der Waals surface area (Å²) in [6.07, 6.45) is 0.217. The zero-order chi connectivity index (χ0) is 13.4. The number of hydrogen-bond donors (Lipinski definition) is 5. The predicted octanol–water partition coefficient (Wildman–Crippen LogP) is -1.90. The summed E-state index contributed by atoms with van der Waals surface area (Å²) in [5.41, 5.74) is 10.4. The minimum Gasteiger partial charge on any atom is -0.480 e. The van der Waals surface area contributed by atoms with Gasteiger partial charge in [-0.25, -0.2) is 4.21 Å². The van der Waals surface area contributed by atoms with Crippen LogP contribution in [0.15, 0.2) is 0 Å². The van der Waals surface area contributed by atoms with Gasteiger partial charge >= 0.3 is 11.9 Å². The maximum Gasteiger partial charge on any atom is 0.321 e. The van der Waals surface area contributed by atoms with Crippen molar-refractivity contribution >= 4 is 34.9 Å². The lowest BCUT2D eigenvalue weighted by molar-refractivity contribution is -0.139. The first-order chi connectivity index (χ1) is 7.84. The van der Waals surface area contributed by atoms with E-state index in [9.17, 15) is 13.8 Å². The van der Waals surface area contributed by atoms with Crippen LogP contribution in [0.2, 0.25) is 0 Å². The van der Waals surface area contributed by atoms with Crippen LogP contribution in [0.5, 0.6) is 0 Å². The molecule has 0 heterocycles. The van der Waals surface area contributed by atoms with Gasteiger partial charge in [0, 0.05) is 5.75 Å². The van der Waals surface area contributed by atoms with Gasteiger partial charge in [-0.05, 0) is 6.42 Å². The van der Waals surface area contributed by atoms with Crippen molar-refractivity contribution in [2.45, 2.75) is 18.5 Å². The van der Waals surface area contributed by atoms with Crippen molar-refractivity contribution < 1.29 is 24.0 Å². The number of carboxylic acids is 2. The lowest BCUT2D eigenvalue weighted by atomic mass is 10.2. The highest BCUT2D eigenvalue weighted by Crippen LogP contribution is 2.01. The van der Waals surface area contributed by atoms with Gasteiger partial charge in [0.2, 0.25) is 0 Å². The van der Waals surface area contributed by atoms with E-state index in [1.807, 2.05) is 0 Å². The van der Waals surface area contributed by atoms with Crippen molar-refractivity contribution in [3.05, 3.63) is 0 Å². The van der Waals surface area contributed by atoms with Crippen LogP contribution in [-0.2, 0) is 20.6 Å². The lowest BCUT2D eigenvalue weighted by Crippen LogP contribution is -2.37. The number of nitrogens with two attached hydrogens (primary N) is 2. The monoisotopic (exact) mass is 285 g/mol. The Morgan fingerprint density at radius 3 is 2.24 bits per heavy atom. The Bertz CT molecular complexity index is 301. The van der Waals surface area contributed by atoms with Crippen molar-refractivity contribution in [2.24, 2.45) is 11.5 Å². The molecule has 0 fully saturated rings. The minimum absolute atomic E-state index is 0.215. The van der Waals surface area contributed by atoms with E-state index in [2.05, 4.69) is 4.13 Å². The third-order valence-electron chi connectivity index (χ3n) is 1.65. The maximum absolute atomic E-state index is 11.2. The van der Waals surface area contributed by atoms with E-state index in [0.29, 0.717) is 5.75 Å². The summed E-state index contributed by atoms with van der Waals surface area (Å²) in [4.78, 5) is 20.7. The summed E-state index contributed by atoms with van der Waals surface area (Å²) in [5, 5.41) is 16.9. The molecule has 0 aliphatic heterocycles. The minimum atomic E-state index is -1.58. The van der Waals surface area contributed by atoms with Crippen molar-refractivity contribution in [1.82, 2.24) is 4.13 Å². The van der Waals surface area contributed by atoms with E-state index in [4.69, 9.17) is 21.7 Å². The van der Waals surface area contributed by atoms with Gasteiger partial charge in [-0.2, -0.15) is 4.13 Å². The van der Waals surface area contributed by atoms with Crippen LogP contribution >= 0.6 is 11.9 Å². The smallest absolute Gasteiger partial charge is 0.321 e. The highest BCUT2D eigenvalue weighted by atomic mass is 32.2. The van der Waals surface area contributed by atoms with Crippen molar-refractivity contribution in [1.29, 1.82) is 0 Å². The van der Waals surface area contributed by atoms with Crippen LogP contribution in [0.25, 0.3) is 0 Å². The van der Waals surface area contributed by atoms with Crippen molar-refractivity contribution in [3.8, 4) is 0 Å². The highest BCUT2D eigenvalue weighted by Gasteiger charge is 2.15.